The molecule has 0 rings (SSSR count). The molecule has 0 aliphatic heterocycles. The largest absolute Gasteiger partial charge is 0.381 e. The lowest BCUT2D eigenvalue weighted by Gasteiger charge is -2.31. The molecule has 5 nitrogen and oxygen atoms in total. The topological polar surface area (TPSA) is 81.4 Å². The van der Waals surface area contributed by atoms with Crippen LogP contribution in [0.4, 0.5) is 0 Å². The first-order valence-corrected chi connectivity index (χ1v) is 7.66. The van der Waals surface area contributed by atoms with Gasteiger partial charge in [0.1, 0.15) is 0 Å². The van der Waals surface area contributed by atoms with Crippen molar-refractivity contribution in [2.24, 2.45) is 11.1 Å². The summed E-state index contributed by atoms with van der Waals surface area (Å²) in [5.41, 5.74) is 5.37. The minimum Gasteiger partial charge on any atom is -0.381 e. The molecule has 1 unspecified atom stereocenters. The summed E-state index contributed by atoms with van der Waals surface area (Å²) in [6, 6.07) is -0.140. The Morgan fingerprint density at radius 1 is 1.35 bits per heavy atom. The van der Waals surface area contributed by atoms with Gasteiger partial charge in [-0.25, -0.2) is 13.1 Å². The zero-order valence-corrected chi connectivity index (χ0v) is 12.1. The van der Waals surface area contributed by atoms with E-state index in [1.54, 1.807) is 0 Å². The summed E-state index contributed by atoms with van der Waals surface area (Å²) in [5.74, 6) is -0.00199. The van der Waals surface area contributed by atoms with E-state index in [1.165, 1.54) is 0 Å². The van der Waals surface area contributed by atoms with Crippen LogP contribution in [-0.2, 0) is 14.8 Å². The van der Waals surface area contributed by atoms with Gasteiger partial charge in [0, 0.05) is 12.6 Å². The number of hydrogen-bond acceptors (Lipinski definition) is 4. The average molecular weight is 266 g/mol. The normalized spacial score (nSPS) is 14.9. The third-order valence-corrected chi connectivity index (χ3v) is 3.87. The van der Waals surface area contributed by atoms with Crippen LogP contribution >= 0.6 is 0 Å². The van der Waals surface area contributed by atoms with Crippen LogP contribution in [0.15, 0.2) is 0 Å². The van der Waals surface area contributed by atoms with Crippen molar-refractivity contribution in [2.45, 2.75) is 40.2 Å². The van der Waals surface area contributed by atoms with Crippen LogP contribution in [0.3, 0.4) is 0 Å². The van der Waals surface area contributed by atoms with E-state index in [2.05, 4.69) is 4.72 Å². The highest BCUT2D eigenvalue weighted by Crippen LogP contribution is 2.22. The fraction of sp³-hybridized carbons (Fsp3) is 1.00. The minimum atomic E-state index is -3.29. The molecule has 1 atom stereocenters. The summed E-state index contributed by atoms with van der Waals surface area (Å²) < 4.78 is 31.4. The van der Waals surface area contributed by atoms with Crippen molar-refractivity contribution >= 4 is 10.0 Å². The van der Waals surface area contributed by atoms with Gasteiger partial charge in [-0.1, -0.05) is 20.8 Å². The molecule has 0 saturated heterocycles. The van der Waals surface area contributed by atoms with Crippen molar-refractivity contribution in [2.75, 3.05) is 25.5 Å². The Hall–Kier alpha value is -0.170. The van der Waals surface area contributed by atoms with E-state index in [0.29, 0.717) is 19.6 Å². The predicted molar refractivity (Wildman–Crippen MR) is 70.3 cm³/mol. The van der Waals surface area contributed by atoms with Gasteiger partial charge in [-0.05, 0) is 25.3 Å². The summed E-state index contributed by atoms with van der Waals surface area (Å²) in [6.45, 7) is 9.06. The molecule has 0 aromatic heterocycles. The molecule has 0 spiro atoms. The van der Waals surface area contributed by atoms with E-state index in [1.807, 2.05) is 27.7 Å². The Morgan fingerprint density at radius 3 is 2.35 bits per heavy atom. The van der Waals surface area contributed by atoms with Gasteiger partial charge in [-0.3, -0.25) is 0 Å². The van der Waals surface area contributed by atoms with Gasteiger partial charge in [0.2, 0.25) is 10.0 Å². The maximum atomic E-state index is 11.8. The molecule has 0 heterocycles. The van der Waals surface area contributed by atoms with Crippen molar-refractivity contribution in [1.29, 1.82) is 0 Å². The van der Waals surface area contributed by atoms with Gasteiger partial charge in [0.05, 0.1) is 12.4 Å². The first-order valence-electron chi connectivity index (χ1n) is 6.00. The quantitative estimate of drug-likeness (QED) is 0.634. The van der Waals surface area contributed by atoms with Crippen LogP contribution in [0, 0.1) is 5.41 Å². The molecular formula is C11H26N2O3S. The van der Waals surface area contributed by atoms with Gasteiger partial charge < -0.3 is 10.5 Å². The second kappa shape index (κ2) is 7.31. The van der Waals surface area contributed by atoms with E-state index >= 15 is 0 Å². The fourth-order valence-electron chi connectivity index (χ4n) is 1.42. The number of rotatable bonds is 8. The Kier molecular flexibility index (Phi) is 7.23. The van der Waals surface area contributed by atoms with E-state index < -0.39 is 10.0 Å². The molecule has 0 fully saturated rings. The van der Waals surface area contributed by atoms with E-state index in [0.717, 1.165) is 0 Å². The van der Waals surface area contributed by atoms with Crippen molar-refractivity contribution in [3.63, 3.8) is 0 Å². The number of nitrogens with two attached hydrogens (primary N) is 1. The Labute approximate surface area is 105 Å². The lowest BCUT2D eigenvalue weighted by atomic mass is 9.85. The molecule has 0 aliphatic carbocycles. The smallest absolute Gasteiger partial charge is 0.214 e. The molecule has 0 aromatic rings. The highest BCUT2D eigenvalue weighted by atomic mass is 32.2. The van der Waals surface area contributed by atoms with Gasteiger partial charge in [-0.15, -0.1) is 0 Å². The molecule has 0 saturated carbocycles. The molecule has 0 bridgehead atoms. The van der Waals surface area contributed by atoms with Gasteiger partial charge in [0.25, 0.3) is 0 Å². The van der Waals surface area contributed by atoms with E-state index in [4.69, 9.17) is 10.5 Å². The van der Waals surface area contributed by atoms with Crippen LogP contribution in [0.2, 0.25) is 0 Å². The second-order valence-electron chi connectivity index (χ2n) is 5.13. The lowest BCUT2D eigenvalue weighted by Crippen LogP contribution is -2.46. The predicted octanol–water partition coefficient (Wildman–Crippen LogP) is 0.706. The van der Waals surface area contributed by atoms with Crippen LogP contribution in [0.25, 0.3) is 0 Å². The fourth-order valence-corrected chi connectivity index (χ4v) is 2.78. The van der Waals surface area contributed by atoms with Gasteiger partial charge in [-0.2, -0.15) is 0 Å². The van der Waals surface area contributed by atoms with Crippen molar-refractivity contribution in [1.82, 2.24) is 4.72 Å². The second-order valence-corrected chi connectivity index (χ2v) is 7.00. The number of sulfonamides is 1. The maximum absolute atomic E-state index is 11.8. The summed E-state index contributed by atoms with van der Waals surface area (Å²) in [7, 11) is -3.29. The molecule has 0 amide bonds. The molecule has 6 heteroatoms. The monoisotopic (exact) mass is 266 g/mol. The third kappa shape index (κ3) is 7.70. The zero-order valence-electron chi connectivity index (χ0n) is 11.3. The Morgan fingerprint density at radius 2 is 1.94 bits per heavy atom. The summed E-state index contributed by atoms with van der Waals surface area (Å²) in [5, 5.41) is 0. The Bertz CT molecular complexity index is 296. The average Bonchev–Trinajstić information content (AvgIpc) is 2.15. The zero-order chi connectivity index (χ0) is 13.5. The first-order chi connectivity index (χ1) is 7.73. The first kappa shape index (κ1) is 16.8. The van der Waals surface area contributed by atoms with Crippen molar-refractivity contribution in [3.05, 3.63) is 0 Å². The molecule has 0 radical (unpaired) electrons. The van der Waals surface area contributed by atoms with Crippen molar-refractivity contribution in [3.8, 4) is 0 Å². The molecule has 3 N–H and O–H groups in total. The van der Waals surface area contributed by atoms with Crippen molar-refractivity contribution < 1.29 is 13.2 Å². The maximum Gasteiger partial charge on any atom is 0.214 e. The standard InChI is InChI=1S/C11H26N2O3S/c1-5-16-8-9-17(14,15)13-10(6-7-12)11(2,3)4/h10,13H,5-9,12H2,1-4H3. The lowest BCUT2D eigenvalue weighted by molar-refractivity contribution is 0.163. The Balaban J connectivity index is 4.43. The third-order valence-electron chi connectivity index (χ3n) is 2.52. The van der Waals surface area contributed by atoms with Gasteiger partial charge >= 0.3 is 0 Å². The number of ether oxygens (including phenoxy) is 1. The van der Waals surface area contributed by atoms with Crippen LogP contribution in [0.1, 0.15) is 34.1 Å². The van der Waals surface area contributed by atoms with E-state index in [9.17, 15) is 8.42 Å². The molecular weight excluding hydrogens is 240 g/mol. The number of hydrogen-bond donors (Lipinski definition) is 2. The minimum absolute atomic E-state index is 0.00199. The molecule has 104 valence electrons. The van der Waals surface area contributed by atoms with Crippen LogP contribution in [0.5, 0.6) is 0 Å². The van der Waals surface area contributed by atoms with E-state index in [-0.39, 0.29) is 23.8 Å². The SMILES string of the molecule is CCOCCS(=O)(=O)NC(CCN)C(C)(C)C. The summed E-state index contributed by atoms with van der Waals surface area (Å²) >= 11 is 0. The molecule has 17 heavy (non-hydrogen) atoms. The molecule has 0 aliphatic rings. The van der Waals surface area contributed by atoms with Crippen LogP contribution in [-0.4, -0.2) is 40.0 Å². The van der Waals surface area contributed by atoms with Gasteiger partial charge in [0.15, 0.2) is 0 Å². The highest BCUT2D eigenvalue weighted by Gasteiger charge is 2.27. The summed E-state index contributed by atoms with van der Waals surface area (Å²) in [6.07, 6.45) is 0.636. The highest BCUT2D eigenvalue weighted by molar-refractivity contribution is 7.89. The van der Waals surface area contributed by atoms with Crippen LogP contribution < -0.4 is 10.5 Å². The summed E-state index contributed by atoms with van der Waals surface area (Å²) in [4.78, 5) is 0. The molecule has 0 aromatic carbocycles. The number of nitrogens with one attached hydrogen (secondary N) is 1.